The Balaban J connectivity index is 4.41. The van der Waals surface area contributed by atoms with Gasteiger partial charge in [0.15, 0.2) is 0 Å². The molecule has 0 bridgehead atoms. The SMILES string of the molecule is CCN(CCC(=O)O)C(=O)CN(C)S(C)(=O)=O. The number of amides is 1. The van der Waals surface area contributed by atoms with Crippen molar-refractivity contribution in [3.8, 4) is 0 Å². The van der Waals surface area contributed by atoms with E-state index in [-0.39, 0.29) is 19.5 Å². The van der Waals surface area contributed by atoms with Crippen LogP contribution in [0.5, 0.6) is 0 Å². The average Bonchev–Trinajstić information content (AvgIpc) is 2.16. The summed E-state index contributed by atoms with van der Waals surface area (Å²) >= 11 is 0. The standard InChI is InChI=1S/C9H18N2O5S/c1-4-11(6-5-9(13)14)8(12)7-10(2)17(3,15)16/h4-7H2,1-3H3,(H,13,14). The van der Waals surface area contributed by atoms with E-state index in [4.69, 9.17) is 5.11 Å². The maximum absolute atomic E-state index is 11.7. The molecule has 0 atom stereocenters. The minimum Gasteiger partial charge on any atom is -0.481 e. The molecule has 0 spiro atoms. The molecule has 0 fully saturated rings. The number of likely N-dealkylation sites (N-methyl/N-ethyl adjacent to an activating group) is 2. The number of carbonyl (C=O) groups excluding carboxylic acids is 1. The van der Waals surface area contributed by atoms with Crippen LogP contribution in [0.4, 0.5) is 0 Å². The average molecular weight is 266 g/mol. The molecule has 8 heteroatoms. The molecule has 0 rings (SSSR count). The zero-order valence-corrected chi connectivity index (χ0v) is 11.0. The summed E-state index contributed by atoms with van der Waals surface area (Å²) in [6, 6.07) is 0. The van der Waals surface area contributed by atoms with Crippen LogP contribution in [0.15, 0.2) is 0 Å². The Bertz CT molecular complexity index is 379. The number of carboxylic acid groups (broad SMARTS) is 1. The smallest absolute Gasteiger partial charge is 0.305 e. The molecule has 7 nitrogen and oxygen atoms in total. The molecule has 0 radical (unpaired) electrons. The summed E-state index contributed by atoms with van der Waals surface area (Å²) in [6.07, 6.45) is 0.857. The third-order valence-corrected chi connectivity index (χ3v) is 3.52. The van der Waals surface area contributed by atoms with Crippen molar-refractivity contribution in [3.05, 3.63) is 0 Å². The van der Waals surface area contributed by atoms with Gasteiger partial charge in [0.25, 0.3) is 0 Å². The maximum atomic E-state index is 11.7. The molecular formula is C9H18N2O5S. The van der Waals surface area contributed by atoms with Crippen LogP contribution in [-0.2, 0) is 19.6 Å². The third-order valence-electron chi connectivity index (χ3n) is 2.25. The van der Waals surface area contributed by atoms with Gasteiger partial charge < -0.3 is 10.0 Å². The first-order chi connectivity index (χ1) is 7.68. The minimum absolute atomic E-state index is 0.0856. The van der Waals surface area contributed by atoms with Crippen LogP contribution in [0.3, 0.4) is 0 Å². The van der Waals surface area contributed by atoms with Crippen molar-refractivity contribution in [1.82, 2.24) is 9.21 Å². The van der Waals surface area contributed by atoms with Crippen molar-refractivity contribution in [3.63, 3.8) is 0 Å². The second-order valence-corrected chi connectivity index (χ2v) is 5.73. The summed E-state index contributed by atoms with van der Waals surface area (Å²) < 4.78 is 23.1. The largest absolute Gasteiger partial charge is 0.481 e. The topological polar surface area (TPSA) is 95.0 Å². The highest BCUT2D eigenvalue weighted by molar-refractivity contribution is 7.88. The third kappa shape index (κ3) is 6.22. The maximum Gasteiger partial charge on any atom is 0.305 e. The Morgan fingerprint density at radius 1 is 1.29 bits per heavy atom. The van der Waals surface area contributed by atoms with E-state index < -0.39 is 21.9 Å². The van der Waals surface area contributed by atoms with Crippen molar-refractivity contribution >= 4 is 21.9 Å². The van der Waals surface area contributed by atoms with Crippen LogP contribution in [0.2, 0.25) is 0 Å². The molecule has 100 valence electrons. The second-order valence-electron chi connectivity index (χ2n) is 3.64. The lowest BCUT2D eigenvalue weighted by Crippen LogP contribution is -2.41. The first-order valence-electron chi connectivity index (χ1n) is 5.09. The van der Waals surface area contributed by atoms with E-state index in [1.807, 2.05) is 0 Å². The van der Waals surface area contributed by atoms with E-state index >= 15 is 0 Å². The molecule has 0 heterocycles. The van der Waals surface area contributed by atoms with E-state index in [0.717, 1.165) is 10.6 Å². The Hall–Kier alpha value is -1.15. The summed E-state index contributed by atoms with van der Waals surface area (Å²) in [5.74, 6) is -1.39. The van der Waals surface area contributed by atoms with Gasteiger partial charge in [-0.1, -0.05) is 0 Å². The van der Waals surface area contributed by atoms with Crippen molar-refractivity contribution in [2.24, 2.45) is 0 Å². The zero-order chi connectivity index (χ0) is 13.6. The molecule has 0 unspecified atom stereocenters. The second kappa shape index (κ2) is 6.55. The number of hydrogen-bond acceptors (Lipinski definition) is 4. The van der Waals surface area contributed by atoms with Crippen LogP contribution in [0, 0.1) is 0 Å². The van der Waals surface area contributed by atoms with Crippen LogP contribution in [-0.4, -0.2) is 67.5 Å². The molecular weight excluding hydrogens is 248 g/mol. The van der Waals surface area contributed by atoms with Crippen LogP contribution < -0.4 is 0 Å². The number of carboxylic acids is 1. The van der Waals surface area contributed by atoms with Gasteiger partial charge >= 0.3 is 5.97 Å². The van der Waals surface area contributed by atoms with E-state index in [2.05, 4.69) is 0 Å². The lowest BCUT2D eigenvalue weighted by molar-refractivity contribution is -0.138. The molecule has 0 saturated heterocycles. The van der Waals surface area contributed by atoms with Gasteiger partial charge in [0.2, 0.25) is 15.9 Å². The van der Waals surface area contributed by atoms with E-state index in [1.54, 1.807) is 6.92 Å². The van der Waals surface area contributed by atoms with E-state index in [0.29, 0.717) is 6.54 Å². The van der Waals surface area contributed by atoms with Crippen LogP contribution in [0.1, 0.15) is 13.3 Å². The van der Waals surface area contributed by atoms with Gasteiger partial charge in [-0.2, -0.15) is 4.31 Å². The monoisotopic (exact) mass is 266 g/mol. The summed E-state index contributed by atoms with van der Waals surface area (Å²) in [4.78, 5) is 23.4. The number of hydrogen-bond donors (Lipinski definition) is 1. The highest BCUT2D eigenvalue weighted by Crippen LogP contribution is 1.98. The lowest BCUT2D eigenvalue weighted by Gasteiger charge is -2.22. The van der Waals surface area contributed by atoms with Gasteiger partial charge in [-0.25, -0.2) is 8.42 Å². The fraction of sp³-hybridized carbons (Fsp3) is 0.778. The van der Waals surface area contributed by atoms with E-state index in [1.165, 1.54) is 11.9 Å². The molecule has 0 aliphatic heterocycles. The quantitative estimate of drug-likeness (QED) is 0.651. The summed E-state index contributed by atoms with van der Waals surface area (Å²) in [5, 5.41) is 8.51. The van der Waals surface area contributed by atoms with Gasteiger partial charge in [0.1, 0.15) is 0 Å². The summed E-state index contributed by atoms with van der Waals surface area (Å²) in [6.45, 7) is 1.87. The van der Waals surface area contributed by atoms with Crippen molar-refractivity contribution in [2.75, 3.05) is 32.9 Å². The Morgan fingerprint density at radius 2 is 1.82 bits per heavy atom. The van der Waals surface area contributed by atoms with Crippen molar-refractivity contribution in [2.45, 2.75) is 13.3 Å². The highest BCUT2D eigenvalue weighted by Gasteiger charge is 2.19. The molecule has 1 N–H and O–H groups in total. The Labute approximate surface area is 101 Å². The first kappa shape index (κ1) is 15.9. The van der Waals surface area contributed by atoms with Crippen LogP contribution >= 0.6 is 0 Å². The van der Waals surface area contributed by atoms with Gasteiger partial charge in [0, 0.05) is 20.1 Å². The van der Waals surface area contributed by atoms with Gasteiger partial charge in [-0.3, -0.25) is 9.59 Å². The molecule has 0 saturated carbocycles. The minimum atomic E-state index is -3.40. The first-order valence-corrected chi connectivity index (χ1v) is 6.94. The van der Waals surface area contributed by atoms with Gasteiger partial charge in [-0.05, 0) is 6.92 Å². The normalized spacial score (nSPS) is 11.5. The summed E-state index contributed by atoms with van der Waals surface area (Å²) in [7, 11) is -2.10. The number of aliphatic carboxylic acids is 1. The fourth-order valence-electron chi connectivity index (χ4n) is 1.10. The lowest BCUT2D eigenvalue weighted by atomic mass is 10.3. The number of nitrogens with zero attached hydrogens (tertiary/aromatic N) is 2. The predicted molar refractivity (Wildman–Crippen MR) is 62.0 cm³/mol. The molecule has 0 aromatic rings. The predicted octanol–water partition coefficient (Wildman–Crippen LogP) is -0.799. The van der Waals surface area contributed by atoms with Crippen molar-refractivity contribution in [1.29, 1.82) is 0 Å². The number of rotatable bonds is 7. The van der Waals surface area contributed by atoms with Crippen molar-refractivity contribution < 1.29 is 23.1 Å². The zero-order valence-electron chi connectivity index (χ0n) is 10.2. The van der Waals surface area contributed by atoms with Gasteiger partial charge in [-0.15, -0.1) is 0 Å². The molecule has 0 aromatic carbocycles. The molecule has 0 aliphatic carbocycles. The highest BCUT2D eigenvalue weighted by atomic mass is 32.2. The molecule has 17 heavy (non-hydrogen) atoms. The fourth-order valence-corrected chi connectivity index (χ4v) is 1.44. The van der Waals surface area contributed by atoms with Crippen LogP contribution in [0.25, 0.3) is 0 Å². The summed E-state index contributed by atoms with van der Waals surface area (Å²) in [5.41, 5.74) is 0. The number of sulfonamides is 1. The molecule has 1 amide bonds. The molecule has 0 aromatic heterocycles. The van der Waals surface area contributed by atoms with E-state index in [9.17, 15) is 18.0 Å². The number of carbonyl (C=O) groups is 2. The Kier molecular flexibility index (Phi) is 6.11. The molecule has 0 aliphatic rings. The Morgan fingerprint density at radius 3 is 2.18 bits per heavy atom. The van der Waals surface area contributed by atoms with Gasteiger partial charge in [0.05, 0.1) is 19.2 Å².